The molecular formula is C26H32IN3O3S. The van der Waals surface area contributed by atoms with E-state index in [0.29, 0.717) is 41.4 Å². The average molecular weight is 594 g/mol. The number of benzene rings is 2. The molecule has 6 rings (SSSR count). The van der Waals surface area contributed by atoms with Gasteiger partial charge in [0.25, 0.3) is 5.91 Å². The molecule has 6 nitrogen and oxygen atoms in total. The minimum atomic E-state index is -3.51. The third-order valence-corrected chi connectivity index (χ3v) is 10.8. The summed E-state index contributed by atoms with van der Waals surface area (Å²) in [7, 11) is -3.51. The Hall–Kier alpha value is -1.81. The number of carbonyl (C=O) groups excluding carboxylic acids is 1. The van der Waals surface area contributed by atoms with Crippen molar-refractivity contribution in [1.82, 2.24) is 0 Å². The lowest BCUT2D eigenvalue weighted by atomic mass is 9.61. The lowest BCUT2D eigenvalue weighted by molar-refractivity contribution is 0.0749. The molecule has 8 heteroatoms. The summed E-state index contributed by atoms with van der Waals surface area (Å²) in [5.74, 6) is -0.165. The van der Waals surface area contributed by atoms with Gasteiger partial charge < -0.3 is 10.2 Å². The van der Waals surface area contributed by atoms with Crippen molar-refractivity contribution in [2.24, 2.45) is 5.41 Å². The van der Waals surface area contributed by atoms with Crippen LogP contribution in [0.1, 0.15) is 62.9 Å². The normalized spacial score (nSPS) is 24.0. The zero-order valence-electron chi connectivity index (χ0n) is 20.2. The molecule has 2 bridgehead atoms. The molecule has 2 aromatic carbocycles. The molecule has 2 aromatic rings. The van der Waals surface area contributed by atoms with Gasteiger partial charge in [0, 0.05) is 28.4 Å². The molecule has 34 heavy (non-hydrogen) atoms. The van der Waals surface area contributed by atoms with E-state index < -0.39 is 14.8 Å². The number of hydrogen-bond donors (Lipinski definition) is 1. The molecule has 0 atom stereocenters. The quantitative estimate of drug-likeness (QED) is 0.482. The van der Waals surface area contributed by atoms with Crippen LogP contribution in [0, 0.1) is 8.99 Å². The predicted molar refractivity (Wildman–Crippen MR) is 146 cm³/mol. The first-order chi connectivity index (χ1) is 15.9. The maximum absolute atomic E-state index is 13.4. The summed E-state index contributed by atoms with van der Waals surface area (Å²) in [6, 6.07) is 12.1. The highest BCUT2D eigenvalue weighted by molar-refractivity contribution is 14.1. The lowest BCUT2D eigenvalue weighted by Gasteiger charge is -2.57. The van der Waals surface area contributed by atoms with Crippen molar-refractivity contribution in [3.63, 3.8) is 0 Å². The SMILES string of the molecule is CC12CCN(c3cc(I)ccc3C(=O)Nc3ccc4c(c3)N(S(=O)(=O)C(C)(C)C)CC4)C(C1)C2. The van der Waals surface area contributed by atoms with E-state index >= 15 is 0 Å². The molecule has 1 N–H and O–H groups in total. The van der Waals surface area contributed by atoms with Crippen molar-refractivity contribution < 1.29 is 13.2 Å². The molecule has 3 fully saturated rings. The van der Waals surface area contributed by atoms with Gasteiger partial charge in [0.15, 0.2) is 0 Å². The van der Waals surface area contributed by atoms with Gasteiger partial charge in [-0.3, -0.25) is 9.10 Å². The van der Waals surface area contributed by atoms with E-state index in [2.05, 4.69) is 45.8 Å². The summed E-state index contributed by atoms with van der Waals surface area (Å²) in [6.07, 6.45) is 4.19. The van der Waals surface area contributed by atoms with Gasteiger partial charge in [-0.2, -0.15) is 0 Å². The number of nitrogens with one attached hydrogen (secondary N) is 1. The summed E-state index contributed by atoms with van der Waals surface area (Å²) in [5.41, 5.74) is 4.39. The number of anilines is 3. The predicted octanol–water partition coefficient (Wildman–Crippen LogP) is 5.41. The second-order valence-electron chi connectivity index (χ2n) is 11.2. The van der Waals surface area contributed by atoms with Gasteiger partial charge in [-0.15, -0.1) is 0 Å². The van der Waals surface area contributed by atoms with Crippen molar-refractivity contribution in [3.05, 3.63) is 51.1 Å². The van der Waals surface area contributed by atoms with E-state index in [9.17, 15) is 13.2 Å². The number of fused-ring (bicyclic) bond motifs is 3. The lowest BCUT2D eigenvalue weighted by Crippen LogP contribution is -2.57. The van der Waals surface area contributed by atoms with Crippen molar-refractivity contribution in [3.8, 4) is 0 Å². The molecule has 0 radical (unpaired) electrons. The molecule has 0 spiro atoms. The van der Waals surface area contributed by atoms with Crippen molar-refractivity contribution in [1.29, 1.82) is 0 Å². The fourth-order valence-electron chi connectivity index (χ4n) is 5.53. The molecule has 1 aliphatic carbocycles. The maximum Gasteiger partial charge on any atom is 0.257 e. The van der Waals surface area contributed by atoms with Crippen LogP contribution in [0.3, 0.4) is 0 Å². The van der Waals surface area contributed by atoms with E-state index in [0.717, 1.165) is 27.8 Å². The smallest absolute Gasteiger partial charge is 0.257 e. The van der Waals surface area contributed by atoms with Crippen molar-refractivity contribution in [2.75, 3.05) is 27.6 Å². The third kappa shape index (κ3) is 4.00. The molecule has 4 aliphatic rings. The monoisotopic (exact) mass is 593 g/mol. The number of nitrogens with zero attached hydrogens (tertiary/aromatic N) is 2. The van der Waals surface area contributed by atoms with E-state index in [-0.39, 0.29) is 5.91 Å². The van der Waals surface area contributed by atoms with E-state index in [1.54, 1.807) is 26.8 Å². The Morgan fingerprint density at radius 1 is 1.09 bits per heavy atom. The summed E-state index contributed by atoms with van der Waals surface area (Å²) < 4.78 is 27.9. The van der Waals surface area contributed by atoms with Crippen LogP contribution in [0.25, 0.3) is 0 Å². The first-order valence-electron chi connectivity index (χ1n) is 11.9. The number of amides is 1. The zero-order valence-corrected chi connectivity index (χ0v) is 23.2. The van der Waals surface area contributed by atoms with Gasteiger partial charge in [-0.1, -0.05) is 13.0 Å². The van der Waals surface area contributed by atoms with Crippen LogP contribution < -0.4 is 14.5 Å². The molecular weight excluding hydrogens is 561 g/mol. The van der Waals surface area contributed by atoms with Gasteiger partial charge in [0.05, 0.1) is 21.7 Å². The van der Waals surface area contributed by atoms with Crippen LogP contribution in [0.5, 0.6) is 0 Å². The van der Waals surface area contributed by atoms with Gasteiger partial charge in [0.2, 0.25) is 10.0 Å². The van der Waals surface area contributed by atoms with Crippen LogP contribution in [0.15, 0.2) is 36.4 Å². The number of carbonyl (C=O) groups is 1. The molecule has 182 valence electrons. The van der Waals surface area contributed by atoms with Gasteiger partial charge in [-0.05, 0) is 110 Å². The largest absolute Gasteiger partial charge is 0.368 e. The van der Waals surface area contributed by atoms with Gasteiger partial charge in [0.1, 0.15) is 0 Å². The topological polar surface area (TPSA) is 69.7 Å². The first-order valence-corrected chi connectivity index (χ1v) is 14.4. The Bertz CT molecular complexity index is 1260. The Kier molecular flexibility index (Phi) is 5.71. The van der Waals surface area contributed by atoms with E-state index in [4.69, 9.17) is 0 Å². The molecule has 2 saturated heterocycles. The second kappa shape index (κ2) is 8.11. The fourth-order valence-corrected chi connectivity index (χ4v) is 7.43. The Morgan fingerprint density at radius 2 is 1.82 bits per heavy atom. The third-order valence-electron chi connectivity index (χ3n) is 7.63. The average Bonchev–Trinajstić information content (AvgIpc) is 3.16. The van der Waals surface area contributed by atoms with Crippen LogP contribution in [-0.2, 0) is 16.4 Å². The summed E-state index contributed by atoms with van der Waals surface area (Å²) >= 11 is 2.30. The van der Waals surface area contributed by atoms with Gasteiger partial charge >= 0.3 is 0 Å². The Morgan fingerprint density at radius 3 is 2.47 bits per heavy atom. The van der Waals surface area contributed by atoms with Gasteiger partial charge in [-0.25, -0.2) is 8.42 Å². The Labute approximate surface area is 216 Å². The molecule has 1 amide bonds. The van der Waals surface area contributed by atoms with Crippen LogP contribution >= 0.6 is 22.6 Å². The molecule has 0 unspecified atom stereocenters. The number of piperidine rings is 2. The molecule has 3 aliphatic heterocycles. The molecule has 3 heterocycles. The first kappa shape index (κ1) is 23.9. The number of halogens is 1. The van der Waals surface area contributed by atoms with Crippen molar-refractivity contribution in [2.45, 2.75) is 64.2 Å². The summed E-state index contributed by atoms with van der Waals surface area (Å²) in [4.78, 5) is 15.8. The number of hydrogen-bond acceptors (Lipinski definition) is 4. The van der Waals surface area contributed by atoms with Crippen molar-refractivity contribution >= 4 is 55.6 Å². The van der Waals surface area contributed by atoms with Crippen LogP contribution in [0.4, 0.5) is 17.1 Å². The highest BCUT2D eigenvalue weighted by Gasteiger charge is 2.48. The standard InChI is InChI=1S/C26H32IN3O3S/c1-25(2,3)34(32,33)30-11-9-17-5-7-19(14-22(17)30)28-24(31)21-8-6-18(27)13-23(21)29-12-10-26(4)15-20(29)16-26/h5-8,13-14,20H,9-12,15-16H2,1-4H3,(H,28,31). The zero-order chi connectivity index (χ0) is 24.5. The van der Waals surface area contributed by atoms with Crippen LogP contribution in [-0.4, -0.2) is 38.2 Å². The van der Waals surface area contributed by atoms with E-state index in [1.807, 2.05) is 24.3 Å². The molecule has 1 saturated carbocycles. The highest BCUT2D eigenvalue weighted by atomic mass is 127. The second-order valence-corrected chi connectivity index (χ2v) is 15.1. The fraction of sp³-hybridized carbons (Fsp3) is 0.500. The Balaban J connectivity index is 1.42. The number of rotatable bonds is 4. The van der Waals surface area contributed by atoms with Crippen LogP contribution in [0.2, 0.25) is 0 Å². The maximum atomic E-state index is 13.4. The number of sulfonamides is 1. The van der Waals surface area contributed by atoms with E-state index in [1.165, 1.54) is 17.1 Å². The molecule has 0 aromatic heterocycles. The minimum absolute atomic E-state index is 0.165. The minimum Gasteiger partial charge on any atom is -0.368 e. The summed E-state index contributed by atoms with van der Waals surface area (Å²) in [6.45, 7) is 8.92. The summed E-state index contributed by atoms with van der Waals surface area (Å²) in [5, 5.41) is 3.04. The highest BCUT2D eigenvalue weighted by Crippen LogP contribution is 2.51.